The second kappa shape index (κ2) is 9.01. The molecule has 1 aromatic carbocycles. The molecule has 96 valence electrons. The summed E-state index contributed by atoms with van der Waals surface area (Å²) in [6.07, 6.45) is 3.67. The SMILES string of the molecule is C=COC(C)=O.O=C(O)C=Cc1cccc(Cl)c1. The fourth-order valence-corrected chi connectivity index (χ4v) is 1.09. The Balaban J connectivity index is 0.000000411. The summed E-state index contributed by atoms with van der Waals surface area (Å²) in [5.41, 5.74) is 0.782. The van der Waals surface area contributed by atoms with E-state index in [-0.39, 0.29) is 5.97 Å². The zero-order chi connectivity index (χ0) is 14.0. The molecule has 0 fully saturated rings. The van der Waals surface area contributed by atoms with Crippen molar-refractivity contribution in [3.8, 4) is 0 Å². The standard InChI is InChI=1S/C9H7ClO2.C4H6O2/c10-8-3-1-2-7(6-8)4-5-9(11)12;1-3-6-4(2)5/h1-6H,(H,11,12);3H,1H2,2H3. The van der Waals surface area contributed by atoms with Crippen molar-refractivity contribution in [2.75, 3.05) is 0 Å². The number of esters is 1. The Hall–Kier alpha value is -2.07. The van der Waals surface area contributed by atoms with Gasteiger partial charge >= 0.3 is 11.9 Å². The monoisotopic (exact) mass is 268 g/mol. The van der Waals surface area contributed by atoms with Gasteiger partial charge in [0.25, 0.3) is 0 Å². The number of hydrogen-bond donors (Lipinski definition) is 1. The first-order chi connectivity index (χ1) is 8.45. The zero-order valence-corrected chi connectivity index (χ0v) is 10.6. The van der Waals surface area contributed by atoms with Crippen LogP contribution in [0.2, 0.25) is 5.02 Å². The lowest BCUT2D eigenvalue weighted by molar-refractivity contribution is -0.135. The molecule has 0 aliphatic rings. The van der Waals surface area contributed by atoms with Crippen LogP contribution >= 0.6 is 11.6 Å². The summed E-state index contributed by atoms with van der Waals surface area (Å²) in [6.45, 7) is 4.48. The molecule has 0 unspecified atom stereocenters. The average molecular weight is 269 g/mol. The predicted octanol–water partition coefficient (Wildman–Crippen LogP) is 3.13. The normalized spacial score (nSPS) is 9.22. The fourth-order valence-electron chi connectivity index (χ4n) is 0.895. The van der Waals surface area contributed by atoms with Crippen LogP contribution in [0.3, 0.4) is 0 Å². The summed E-state index contributed by atoms with van der Waals surface area (Å²) in [5.74, 6) is -1.29. The van der Waals surface area contributed by atoms with E-state index >= 15 is 0 Å². The molecule has 0 bridgehead atoms. The van der Waals surface area contributed by atoms with Gasteiger partial charge < -0.3 is 9.84 Å². The average Bonchev–Trinajstić information content (AvgIpc) is 2.27. The number of halogens is 1. The zero-order valence-electron chi connectivity index (χ0n) is 9.80. The number of aliphatic carboxylic acids is 1. The molecule has 0 heterocycles. The third-order valence-corrected chi connectivity index (χ3v) is 1.75. The molecule has 0 saturated heterocycles. The minimum Gasteiger partial charge on any atom is -0.478 e. The summed E-state index contributed by atoms with van der Waals surface area (Å²) in [5, 5.41) is 8.92. The molecule has 4 nitrogen and oxygen atoms in total. The lowest BCUT2D eigenvalue weighted by Crippen LogP contribution is -1.87. The van der Waals surface area contributed by atoms with E-state index in [1.807, 2.05) is 0 Å². The summed E-state index contributed by atoms with van der Waals surface area (Å²) in [7, 11) is 0. The van der Waals surface area contributed by atoms with E-state index in [2.05, 4.69) is 11.3 Å². The van der Waals surface area contributed by atoms with Crippen LogP contribution in [-0.2, 0) is 14.3 Å². The van der Waals surface area contributed by atoms with Crippen molar-refractivity contribution in [2.24, 2.45) is 0 Å². The van der Waals surface area contributed by atoms with Crippen molar-refractivity contribution < 1.29 is 19.4 Å². The topological polar surface area (TPSA) is 63.6 Å². The highest BCUT2D eigenvalue weighted by Crippen LogP contribution is 2.11. The van der Waals surface area contributed by atoms with Gasteiger partial charge in [-0.3, -0.25) is 4.79 Å². The Bertz CT molecular complexity index is 452. The van der Waals surface area contributed by atoms with Gasteiger partial charge in [-0.2, -0.15) is 0 Å². The molecule has 1 rings (SSSR count). The number of ether oxygens (including phenoxy) is 1. The van der Waals surface area contributed by atoms with Gasteiger partial charge in [-0.1, -0.05) is 30.3 Å². The van der Waals surface area contributed by atoms with Crippen LogP contribution in [0.5, 0.6) is 0 Å². The fraction of sp³-hybridized carbons (Fsp3) is 0.0769. The molecule has 0 aromatic heterocycles. The van der Waals surface area contributed by atoms with Gasteiger partial charge in [0.15, 0.2) is 0 Å². The molecule has 5 heteroatoms. The Labute approximate surface area is 110 Å². The number of rotatable bonds is 3. The van der Waals surface area contributed by atoms with E-state index in [1.54, 1.807) is 24.3 Å². The van der Waals surface area contributed by atoms with Crippen molar-refractivity contribution in [1.29, 1.82) is 0 Å². The van der Waals surface area contributed by atoms with Crippen LogP contribution in [0.25, 0.3) is 6.08 Å². The van der Waals surface area contributed by atoms with Crippen molar-refractivity contribution in [2.45, 2.75) is 6.92 Å². The van der Waals surface area contributed by atoms with Crippen molar-refractivity contribution in [3.63, 3.8) is 0 Å². The number of carbonyl (C=O) groups excluding carboxylic acids is 1. The Kier molecular flexibility index (Phi) is 7.98. The second-order valence-electron chi connectivity index (χ2n) is 3.00. The molecule has 0 aliphatic heterocycles. The second-order valence-corrected chi connectivity index (χ2v) is 3.44. The van der Waals surface area contributed by atoms with Crippen molar-refractivity contribution in [3.05, 3.63) is 53.8 Å². The minimum absolute atomic E-state index is 0.329. The summed E-state index contributed by atoms with van der Waals surface area (Å²) in [6, 6.07) is 6.98. The maximum atomic E-state index is 10.1. The summed E-state index contributed by atoms with van der Waals surface area (Å²) >= 11 is 5.68. The Morgan fingerprint density at radius 3 is 2.50 bits per heavy atom. The lowest BCUT2D eigenvalue weighted by Gasteiger charge is -1.92. The van der Waals surface area contributed by atoms with Gasteiger partial charge in [0.1, 0.15) is 0 Å². The van der Waals surface area contributed by atoms with Gasteiger partial charge in [0.05, 0.1) is 6.26 Å². The van der Waals surface area contributed by atoms with E-state index in [0.29, 0.717) is 5.02 Å². The molecule has 1 aromatic rings. The lowest BCUT2D eigenvalue weighted by atomic mass is 10.2. The third kappa shape index (κ3) is 9.18. The number of carboxylic acid groups (broad SMARTS) is 1. The molecule has 0 amide bonds. The van der Waals surface area contributed by atoms with Gasteiger partial charge in [0.2, 0.25) is 0 Å². The highest BCUT2D eigenvalue weighted by molar-refractivity contribution is 6.30. The van der Waals surface area contributed by atoms with Crippen LogP contribution in [0, 0.1) is 0 Å². The molecule has 1 N–H and O–H groups in total. The van der Waals surface area contributed by atoms with Crippen molar-refractivity contribution in [1.82, 2.24) is 0 Å². The largest absolute Gasteiger partial charge is 0.478 e. The highest BCUT2D eigenvalue weighted by atomic mass is 35.5. The number of hydrogen-bond acceptors (Lipinski definition) is 3. The first kappa shape index (κ1) is 15.9. The van der Waals surface area contributed by atoms with Crippen LogP contribution in [-0.4, -0.2) is 17.0 Å². The number of benzene rings is 1. The first-order valence-electron chi connectivity index (χ1n) is 4.90. The van der Waals surface area contributed by atoms with Crippen LogP contribution < -0.4 is 0 Å². The molecular formula is C13H13ClO4. The predicted molar refractivity (Wildman–Crippen MR) is 70.1 cm³/mol. The van der Waals surface area contributed by atoms with Gasteiger partial charge in [0, 0.05) is 18.0 Å². The third-order valence-electron chi connectivity index (χ3n) is 1.52. The Morgan fingerprint density at radius 1 is 1.44 bits per heavy atom. The van der Waals surface area contributed by atoms with Gasteiger partial charge in [-0.05, 0) is 23.8 Å². The molecule has 0 atom stereocenters. The van der Waals surface area contributed by atoms with E-state index in [9.17, 15) is 9.59 Å². The highest BCUT2D eigenvalue weighted by Gasteiger charge is 1.90. The molecule has 0 spiro atoms. The molecule has 18 heavy (non-hydrogen) atoms. The first-order valence-corrected chi connectivity index (χ1v) is 5.28. The minimum atomic E-state index is -0.963. The van der Waals surface area contributed by atoms with E-state index in [4.69, 9.17) is 16.7 Å². The molecule has 0 aliphatic carbocycles. The van der Waals surface area contributed by atoms with Gasteiger partial charge in [-0.15, -0.1) is 0 Å². The number of carboxylic acids is 1. The summed E-state index contributed by atoms with van der Waals surface area (Å²) < 4.78 is 4.17. The van der Waals surface area contributed by atoms with Crippen LogP contribution in [0.15, 0.2) is 43.2 Å². The molecular weight excluding hydrogens is 256 g/mol. The quantitative estimate of drug-likeness (QED) is 0.520. The van der Waals surface area contributed by atoms with E-state index < -0.39 is 5.97 Å². The Morgan fingerprint density at radius 2 is 2.11 bits per heavy atom. The van der Waals surface area contributed by atoms with E-state index in [0.717, 1.165) is 17.9 Å². The van der Waals surface area contributed by atoms with E-state index in [1.165, 1.54) is 13.0 Å². The summed E-state index contributed by atoms with van der Waals surface area (Å²) in [4.78, 5) is 19.9. The van der Waals surface area contributed by atoms with Crippen LogP contribution in [0.1, 0.15) is 12.5 Å². The smallest absolute Gasteiger partial charge is 0.328 e. The molecule has 0 saturated carbocycles. The molecule has 0 radical (unpaired) electrons. The van der Waals surface area contributed by atoms with Crippen molar-refractivity contribution >= 4 is 29.6 Å². The maximum absolute atomic E-state index is 10.1. The number of carbonyl (C=O) groups is 2. The van der Waals surface area contributed by atoms with Gasteiger partial charge in [-0.25, -0.2) is 4.79 Å². The van der Waals surface area contributed by atoms with Crippen LogP contribution in [0.4, 0.5) is 0 Å². The maximum Gasteiger partial charge on any atom is 0.328 e.